The van der Waals surface area contributed by atoms with Crippen LogP contribution in [0, 0.1) is 17.3 Å². The summed E-state index contributed by atoms with van der Waals surface area (Å²) in [6, 6.07) is 25.2. The van der Waals surface area contributed by atoms with Gasteiger partial charge in [0.25, 0.3) is 0 Å². The zero-order valence-corrected chi connectivity index (χ0v) is 43.1. The maximum absolute atomic E-state index is 15.3. The molecule has 3 aliphatic heterocycles. The summed E-state index contributed by atoms with van der Waals surface area (Å²) >= 11 is 0. The number of hydrogen-bond acceptors (Lipinski definition) is 8. The molecule has 3 fully saturated rings. The van der Waals surface area contributed by atoms with E-state index in [2.05, 4.69) is 184 Å². The van der Waals surface area contributed by atoms with E-state index in [4.69, 9.17) is 9.47 Å². The van der Waals surface area contributed by atoms with Gasteiger partial charge in [-0.05, 0) is 89.4 Å². The first-order valence-electron chi connectivity index (χ1n) is 25.2. The van der Waals surface area contributed by atoms with Crippen molar-refractivity contribution in [1.82, 2.24) is 14.7 Å². The van der Waals surface area contributed by atoms with Crippen molar-refractivity contribution in [1.29, 1.82) is 0 Å². The first-order chi connectivity index (χ1) is 30.3. The van der Waals surface area contributed by atoms with Crippen LogP contribution in [0.25, 0.3) is 0 Å². The summed E-state index contributed by atoms with van der Waals surface area (Å²) in [4.78, 5) is 7.36. The molecule has 8 nitrogen and oxygen atoms in total. The SMILES string of the molecule is CC1CN(CC(C)(C(O)(c2ccc(C(C)(C)C)cc2)C(C)CN2CCOCC2)C(O)(c2ccc(C(C)(C)C)cc2)C(C(C)C(O)c2ccc(C(C)(C)C)cc2)N2CCCCC2)CC(C)O1. The maximum Gasteiger partial charge on any atom is 0.115 e. The van der Waals surface area contributed by atoms with Crippen LogP contribution in [-0.4, -0.2) is 114 Å². The molecule has 0 aromatic heterocycles. The molecule has 3 N–H and O–H groups in total. The van der Waals surface area contributed by atoms with Crippen molar-refractivity contribution in [2.24, 2.45) is 17.3 Å². The Balaban J connectivity index is 1.69. The average molecular weight is 896 g/mol. The van der Waals surface area contributed by atoms with E-state index in [0.717, 1.165) is 62.1 Å². The van der Waals surface area contributed by atoms with Gasteiger partial charge in [0, 0.05) is 62.6 Å². The van der Waals surface area contributed by atoms with Crippen molar-refractivity contribution in [2.45, 2.75) is 168 Å². The van der Waals surface area contributed by atoms with Crippen LogP contribution in [0.2, 0.25) is 0 Å². The molecule has 362 valence electrons. The van der Waals surface area contributed by atoms with Crippen molar-refractivity contribution in [3.63, 3.8) is 0 Å². The number of benzene rings is 3. The van der Waals surface area contributed by atoms with Crippen LogP contribution >= 0.6 is 0 Å². The average Bonchev–Trinajstić information content (AvgIpc) is 3.25. The monoisotopic (exact) mass is 896 g/mol. The van der Waals surface area contributed by atoms with Crippen LogP contribution in [0.4, 0.5) is 0 Å². The van der Waals surface area contributed by atoms with E-state index in [1.165, 1.54) is 16.7 Å². The van der Waals surface area contributed by atoms with Crippen LogP contribution in [0.5, 0.6) is 0 Å². The summed E-state index contributed by atoms with van der Waals surface area (Å²) < 4.78 is 12.2. The van der Waals surface area contributed by atoms with Gasteiger partial charge in [0.05, 0.1) is 31.5 Å². The Bertz CT molecular complexity index is 1940. The first kappa shape index (κ1) is 51.7. The molecule has 9 atom stereocenters. The summed E-state index contributed by atoms with van der Waals surface area (Å²) in [6.07, 6.45) is 2.17. The second kappa shape index (κ2) is 20.1. The number of rotatable bonds is 14. The minimum atomic E-state index is -1.73. The Hall–Kier alpha value is -2.66. The molecular weight excluding hydrogens is 807 g/mol. The number of aliphatic hydroxyl groups excluding tert-OH is 1. The van der Waals surface area contributed by atoms with Crippen molar-refractivity contribution in [3.05, 3.63) is 106 Å². The lowest BCUT2D eigenvalue weighted by molar-refractivity contribution is -0.266. The van der Waals surface area contributed by atoms with E-state index in [-0.39, 0.29) is 34.4 Å². The summed E-state index contributed by atoms with van der Waals surface area (Å²) in [5.41, 5.74) is 1.13. The van der Waals surface area contributed by atoms with E-state index in [1.54, 1.807) is 0 Å². The molecule has 0 amide bonds. The fourth-order valence-corrected chi connectivity index (χ4v) is 11.9. The Morgan fingerprint density at radius 3 is 1.43 bits per heavy atom. The molecule has 0 aliphatic carbocycles. The maximum atomic E-state index is 15.3. The standard InChI is InChI=1S/C57H89N3O5/c1-40(36-58-32-34-64-35-33-58)56(62,48-26-22-46(23-27-48)53(8,9)10)55(14,39-59-37-41(2)65-42(3)38-59)57(63,49-28-24-47(25-29-49)54(11,12)13)51(60-30-16-15-17-31-60)43(4)50(61)44-18-20-45(21-19-44)52(5,6)7/h18-29,40-43,50-51,61-63H,15-17,30-39H2,1-14H3. The van der Waals surface area contributed by atoms with Crippen LogP contribution in [0.15, 0.2) is 72.8 Å². The van der Waals surface area contributed by atoms with Gasteiger partial charge in [-0.15, -0.1) is 0 Å². The van der Waals surface area contributed by atoms with E-state index in [1.807, 2.05) is 0 Å². The lowest BCUT2D eigenvalue weighted by Crippen LogP contribution is -2.72. The number of likely N-dealkylation sites (tertiary alicyclic amines) is 1. The lowest BCUT2D eigenvalue weighted by atomic mass is 9.50. The number of piperidine rings is 1. The fourth-order valence-electron chi connectivity index (χ4n) is 11.9. The van der Waals surface area contributed by atoms with E-state index >= 15 is 5.11 Å². The van der Waals surface area contributed by atoms with Gasteiger partial charge in [0.1, 0.15) is 11.2 Å². The highest BCUT2D eigenvalue weighted by atomic mass is 16.5. The smallest absolute Gasteiger partial charge is 0.115 e. The number of nitrogens with zero attached hydrogens (tertiary/aromatic N) is 3. The van der Waals surface area contributed by atoms with Gasteiger partial charge in [-0.25, -0.2) is 0 Å². The molecule has 0 bridgehead atoms. The molecule has 9 unspecified atom stereocenters. The third-order valence-corrected chi connectivity index (χ3v) is 15.8. The van der Waals surface area contributed by atoms with Gasteiger partial charge in [-0.1, -0.05) is 162 Å². The lowest BCUT2D eigenvalue weighted by Gasteiger charge is -2.63. The van der Waals surface area contributed by atoms with Crippen molar-refractivity contribution >= 4 is 0 Å². The molecule has 3 aliphatic rings. The van der Waals surface area contributed by atoms with Gasteiger partial charge in [0.2, 0.25) is 0 Å². The van der Waals surface area contributed by atoms with Crippen molar-refractivity contribution in [2.75, 3.05) is 65.6 Å². The van der Waals surface area contributed by atoms with Gasteiger partial charge >= 0.3 is 0 Å². The fraction of sp³-hybridized carbons (Fsp3) is 0.684. The van der Waals surface area contributed by atoms with Gasteiger partial charge < -0.3 is 24.8 Å². The summed E-state index contributed by atoms with van der Waals surface area (Å²) in [5, 5.41) is 43.1. The van der Waals surface area contributed by atoms with Crippen LogP contribution in [0.3, 0.4) is 0 Å². The number of hydrogen-bond donors (Lipinski definition) is 3. The molecule has 8 heteroatoms. The quantitative estimate of drug-likeness (QED) is 0.148. The predicted octanol–water partition coefficient (Wildman–Crippen LogP) is 9.96. The zero-order valence-electron chi connectivity index (χ0n) is 43.1. The Labute approximate surface area is 395 Å². The van der Waals surface area contributed by atoms with E-state index < -0.39 is 34.7 Å². The van der Waals surface area contributed by atoms with Crippen LogP contribution in [0.1, 0.15) is 156 Å². The van der Waals surface area contributed by atoms with Gasteiger partial charge in [0.15, 0.2) is 0 Å². The zero-order chi connectivity index (χ0) is 47.8. The number of ether oxygens (including phenoxy) is 2. The predicted molar refractivity (Wildman–Crippen MR) is 268 cm³/mol. The molecule has 3 saturated heterocycles. The molecule has 3 heterocycles. The molecule has 0 saturated carbocycles. The molecule has 0 radical (unpaired) electrons. The summed E-state index contributed by atoms with van der Waals surface area (Å²) in [6.45, 7) is 37.6. The van der Waals surface area contributed by atoms with E-state index in [0.29, 0.717) is 39.4 Å². The van der Waals surface area contributed by atoms with Gasteiger partial charge in [-0.3, -0.25) is 14.7 Å². The minimum Gasteiger partial charge on any atom is -0.388 e. The highest BCUT2D eigenvalue weighted by Crippen LogP contribution is 2.60. The van der Waals surface area contributed by atoms with Gasteiger partial charge in [-0.2, -0.15) is 0 Å². The highest BCUT2D eigenvalue weighted by molar-refractivity contribution is 5.41. The van der Waals surface area contributed by atoms with E-state index in [9.17, 15) is 10.2 Å². The summed E-state index contributed by atoms with van der Waals surface area (Å²) in [5.74, 6) is -0.792. The Kier molecular flexibility index (Phi) is 16.0. The molecule has 3 aromatic rings. The Morgan fingerprint density at radius 2 is 0.985 bits per heavy atom. The molecule has 6 rings (SSSR count). The van der Waals surface area contributed by atoms with Crippen LogP contribution < -0.4 is 0 Å². The third kappa shape index (κ3) is 11.0. The third-order valence-electron chi connectivity index (χ3n) is 15.8. The van der Waals surface area contributed by atoms with Crippen molar-refractivity contribution in [3.8, 4) is 0 Å². The second-order valence-electron chi connectivity index (χ2n) is 24.0. The number of morpholine rings is 2. The molecule has 0 spiro atoms. The first-order valence-corrected chi connectivity index (χ1v) is 25.2. The minimum absolute atomic E-state index is 0.0261. The largest absolute Gasteiger partial charge is 0.388 e. The molecular formula is C57H89N3O5. The Morgan fingerprint density at radius 1 is 0.569 bits per heavy atom. The molecule has 3 aromatic carbocycles. The normalized spacial score (nSPS) is 24.9. The van der Waals surface area contributed by atoms with Crippen LogP contribution in [-0.2, 0) is 36.9 Å². The number of aliphatic hydroxyl groups is 3. The highest BCUT2D eigenvalue weighted by Gasteiger charge is 2.67. The molecule has 65 heavy (non-hydrogen) atoms. The second-order valence-corrected chi connectivity index (χ2v) is 24.0. The topological polar surface area (TPSA) is 88.9 Å². The summed E-state index contributed by atoms with van der Waals surface area (Å²) in [7, 11) is 0. The van der Waals surface area contributed by atoms with Crippen molar-refractivity contribution < 1.29 is 24.8 Å².